The summed E-state index contributed by atoms with van der Waals surface area (Å²) in [6.45, 7) is 0. The number of amides is 2. The first-order valence-electron chi connectivity index (χ1n) is 10.2. The first kappa shape index (κ1) is 21.4. The van der Waals surface area contributed by atoms with Crippen molar-refractivity contribution < 1.29 is 14.3 Å². The summed E-state index contributed by atoms with van der Waals surface area (Å²) in [6, 6.07) is 22.2. The largest absolute Gasteiger partial charge is 0.495 e. The van der Waals surface area contributed by atoms with Crippen molar-refractivity contribution in [2.45, 2.75) is 16.8 Å². The van der Waals surface area contributed by atoms with Crippen LogP contribution in [0.1, 0.15) is 6.42 Å². The van der Waals surface area contributed by atoms with Crippen LogP contribution in [0.2, 0.25) is 5.02 Å². The van der Waals surface area contributed by atoms with Crippen LogP contribution in [0.4, 0.5) is 5.69 Å². The third kappa shape index (κ3) is 4.05. The van der Waals surface area contributed by atoms with Crippen molar-refractivity contribution in [2.75, 3.05) is 12.0 Å². The number of fused-ring (bicyclic) bond motifs is 1. The highest BCUT2D eigenvalue weighted by molar-refractivity contribution is 8.00. The van der Waals surface area contributed by atoms with Crippen LogP contribution < -0.4 is 9.64 Å². The van der Waals surface area contributed by atoms with Gasteiger partial charge in [-0.1, -0.05) is 65.8 Å². The SMILES string of the molecule is COc1ccccc1N1C(=O)C[C@H](Sc2nc(-c3ccccc3)c3cc(Cl)ccc3n2)C1=O. The van der Waals surface area contributed by atoms with Gasteiger partial charge in [0.05, 0.1) is 24.0 Å². The zero-order valence-electron chi connectivity index (χ0n) is 17.6. The summed E-state index contributed by atoms with van der Waals surface area (Å²) in [6.07, 6.45) is 0.0598. The fraction of sp³-hybridized carbons (Fsp3) is 0.120. The number of carbonyl (C=O) groups excluding carboxylic acids is 2. The Kier molecular flexibility index (Phi) is 5.74. The van der Waals surface area contributed by atoms with E-state index in [0.29, 0.717) is 27.1 Å². The van der Waals surface area contributed by atoms with E-state index in [4.69, 9.17) is 21.3 Å². The number of ether oxygens (including phenoxy) is 1. The van der Waals surface area contributed by atoms with Gasteiger partial charge >= 0.3 is 0 Å². The molecule has 0 unspecified atom stereocenters. The zero-order valence-corrected chi connectivity index (χ0v) is 19.1. The predicted octanol–water partition coefficient (Wildman–Crippen LogP) is 5.38. The molecule has 4 aromatic rings. The second-order valence-corrected chi connectivity index (χ2v) is 9.04. The van der Waals surface area contributed by atoms with Crippen molar-refractivity contribution in [3.8, 4) is 17.0 Å². The maximum absolute atomic E-state index is 13.2. The maximum atomic E-state index is 13.2. The number of imide groups is 1. The lowest BCUT2D eigenvalue weighted by Crippen LogP contribution is -2.31. The highest BCUT2D eigenvalue weighted by atomic mass is 35.5. The van der Waals surface area contributed by atoms with E-state index < -0.39 is 5.25 Å². The van der Waals surface area contributed by atoms with Gasteiger partial charge < -0.3 is 4.74 Å². The molecule has 1 saturated heterocycles. The van der Waals surface area contributed by atoms with Gasteiger partial charge in [0.15, 0.2) is 5.16 Å². The van der Waals surface area contributed by atoms with Gasteiger partial charge in [-0.25, -0.2) is 14.9 Å². The Morgan fingerprint density at radius 3 is 2.55 bits per heavy atom. The zero-order chi connectivity index (χ0) is 22.9. The fourth-order valence-electron chi connectivity index (χ4n) is 3.84. The normalized spacial score (nSPS) is 15.9. The Morgan fingerprint density at radius 1 is 1.00 bits per heavy atom. The standard InChI is InChI=1S/C25H18ClN3O3S/c1-32-20-10-6-5-9-19(20)29-22(30)14-21(24(29)31)33-25-27-18-12-11-16(26)13-17(18)23(28-25)15-7-3-2-4-8-15/h2-13,21H,14H2,1H3/t21-/m0/s1. The van der Waals surface area contributed by atoms with Crippen LogP contribution >= 0.6 is 23.4 Å². The second-order valence-electron chi connectivity index (χ2n) is 7.43. The minimum absolute atomic E-state index is 0.0598. The number of rotatable bonds is 5. The van der Waals surface area contributed by atoms with E-state index >= 15 is 0 Å². The van der Waals surface area contributed by atoms with Crippen molar-refractivity contribution in [1.82, 2.24) is 9.97 Å². The number of halogens is 1. The van der Waals surface area contributed by atoms with Gasteiger partial charge in [-0.2, -0.15) is 0 Å². The van der Waals surface area contributed by atoms with Crippen LogP contribution in [0, 0.1) is 0 Å². The second kappa shape index (κ2) is 8.84. The number of carbonyl (C=O) groups is 2. The summed E-state index contributed by atoms with van der Waals surface area (Å²) in [5, 5.41) is 1.21. The Labute approximate surface area is 199 Å². The van der Waals surface area contributed by atoms with E-state index in [9.17, 15) is 9.59 Å². The van der Waals surface area contributed by atoms with Crippen LogP contribution in [-0.2, 0) is 9.59 Å². The van der Waals surface area contributed by atoms with Crippen LogP contribution in [0.15, 0.2) is 78.0 Å². The van der Waals surface area contributed by atoms with Crippen molar-refractivity contribution in [3.05, 3.63) is 77.8 Å². The average Bonchev–Trinajstić information content (AvgIpc) is 3.11. The Morgan fingerprint density at radius 2 is 1.76 bits per heavy atom. The summed E-state index contributed by atoms with van der Waals surface area (Å²) in [5.74, 6) is -0.122. The number of anilines is 1. The third-order valence-corrected chi connectivity index (χ3v) is 6.64. The molecule has 1 aromatic heterocycles. The Bertz CT molecular complexity index is 1380. The first-order chi connectivity index (χ1) is 16.0. The molecule has 33 heavy (non-hydrogen) atoms. The minimum atomic E-state index is -0.629. The number of thioether (sulfide) groups is 1. The smallest absolute Gasteiger partial charge is 0.248 e. The molecule has 164 valence electrons. The molecule has 0 radical (unpaired) electrons. The molecule has 0 bridgehead atoms. The minimum Gasteiger partial charge on any atom is -0.495 e. The summed E-state index contributed by atoms with van der Waals surface area (Å²) < 4.78 is 5.34. The van der Waals surface area contributed by atoms with Gasteiger partial charge in [-0.15, -0.1) is 0 Å². The number of methoxy groups -OCH3 is 1. The molecule has 6 nitrogen and oxygen atoms in total. The molecule has 8 heteroatoms. The van der Waals surface area contributed by atoms with E-state index in [1.807, 2.05) is 42.5 Å². The lowest BCUT2D eigenvalue weighted by atomic mass is 10.1. The molecule has 0 spiro atoms. The molecule has 2 heterocycles. The van der Waals surface area contributed by atoms with Gasteiger partial charge in [0, 0.05) is 22.4 Å². The topological polar surface area (TPSA) is 72.4 Å². The molecule has 2 amide bonds. The number of aromatic nitrogens is 2. The van der Waals surface area contributed by atoms with Gasteiger partial charge in [-0.3, -0.25) is 9.59 Å². The van der Waals surface area contributed by atoms with E-state index in [2.05, 4.69) is 4.98 Å². The predicted molar refractivity (Wildman–Crippen MR) is 130 cm³/mol. The molecule has 0 aliphatic carbocycles. The van der Waals surface area contributed by atoms with Crippen LogP contribution in [0.3, 0.4) is 0 Å². The summed E-state index contributed by atoms with van der Waals surface area (Å²) in [4.78, 5) is 36.6. The summed E-state index contributed by atoms with van der Waals surface area (Å²) in [5.41, 5.74) is 2.80. The van der Waals surface area contributed by atoms with E-state index in [-0.39, 0.29) is 18.2 Å². The van der Waals surface area contributed by atoms with E-state index in [1.54, 1.807) is 30.3 Å². The van der Waals surface area contributed by atoms with Gasteiger partial charge in [0.1, 0.15) is 11.0 Å². The molecular weight excluding hydrogens is 458 g/mol. The van der Waals surface area contributed by atoms with E-state index in [0.717, 1.165) is 16.6 Å². The third-order valence-electron chi connectivity index (χ3n) is 5.36. The monoisotopic (exact) mass is 475 g/mol. The maximum Gasteiger partial charge on any atom is 0.248 e. The molecule has 0 saturated carbocycles. The Balaban J connectivity index is 1.52. The van der Waals surface area contributed by atoms with Gasteiger partial charge in [0.25, 0.3) is 0 Å². The molecular formula is C25H18ClN3O3S. The van der Waals surface area contributed by atoms with Crippen molar-refractivity contribution >= 4 is 51.8 Å². The molecule has 1 aliphatic heterocycles. The first-order valence-corrected chi connectivity index (χ1v) is 11.5. The summed E-state index contributed by atoms with van der Waals surface area (Å²) >= 11 is 7.43. The molecule has 1 atom stereocenters. The molecule has 1 fully saturated rings. The van der Waals surface area contributed by atoms with E-state index in [1.165, 1.54) is 23.8 Å². The van der Waals surface area contributed by atoms with Gasteiger partial charge in [0.2, 0.25) is 11.8 Å². The molecule has 5 rings (SSSR count). The van der Waals surface area contributed by atoms with Crippen molar-refractivity contribution in [1.29, 1.82) is 0 Å². The number of nitrogens with zero attached hydrogens (tertiary/aromatic N) is 3. The number of hydrogen-bond acceptors (Lipinski definition) is 6. The molecule has 0 N–H and O–H groups in total. The van der Waals surface area contributed by atoms with Crippen LogP contribution in [-0.4, -0.2) is 34.1 Å². The van der Waals surface area contributed by atoms with Crippen LogP contribution in [0.5, 0.6) is 5.75 Å². The lowest BCUT2D eigenvalue weighted by Gasteiger charge is -2.17. The Hall–Kier alpha value is -3.42. The lowest BCUT2D eigenvalue weighted by molar-refractivity contribution is -0.121. The van der Waals surface area contributed by atoms with Gasteiger partial charge in [-0.05, 0) is 30.3 Å². The molecule has 3 aromatic carbocycles. The molecule has 1 aliphatic rings. The number of para-hydroxylation sites is 2. The van der Waals surface area contributed by atoms with Crippen molar-refractivity contribution in [2.24, 2.45) is 0 Å². The highest BCUT2D eigenvalue weighted by Crippen LogP contribution is 2.38. The quantitative estimate of drug-likeness (QED) is 0.285. The fourth-order valence-corrected chi connectivity index (χ4v) is 4.99. The van der Waals surface area contributed by atoms with Crippen molar-refractivity contribution in [3.63, 3.8) is 0 Å². The summed E-state index contributed by atoms with van der Waals surface area (Å²) in [7, 11) is 1.51. The average molecular weight is 476 g/mol. The number of benzene rings is 3. The highest BCUT2D eigenvalue weighted by Gasteiger charge is 2.41. The number of hydrogen-bond donors (Lipinski definition) is 0. The van der Waals surface area contributed by atoms with Crippen LogP contribution in [0.25, 0.3) is 22.2 Å².